The second-order valence-electron chi connectivity index (χ2n) is 5.77. The van der Waals surface area contributed by atoms with Crippen molar-refractivity contribution in [2.75, 3.05) is 6.61 Å². The highest BCUT2D eigenvalue weighted by Gasteiger charge is 2.25. The fourth-order valence-electron chi connectivity index (χ4n) is 2.96. The van der Waals surface area contributed by atoms with Crippen molar-refractivity contribution in [3.63, 3.8) is 0 Å². The van der Waals surface area contributed by atoms with Gasteiger partial charge < -0.3 is 10.1 Å². The van der Waals surface area contributed by atoms with Crippen molar-refractivity contribution in [3.8, 4) is 5.75 Å². The summed E-state index contributed by atoms with van der Waals surface area (Å²) in [6, 6.07) is 7.04. The molecule has 5 heteroatoms. The predicted molar refractivity (Wildman–Crippen MR) is 96.6 cm³/mol. The van der Waals surface area contributed by atoms with Crippen molar-refractivity contribution >= 4 is 17.5 Å². The maximum atomic E-state index is 12.5. The fourth-order valence-corrected chi connectivity index (χ4v) is 2.96. The van der Waals surface area contributed by atoms with E-state index in [1.165, 1.54) is 0 Å². The molecule has 25 heavy (non-hydrogen) atoms. The van der Waals surface area contributed by atoms with E-state index in [1.807, 2.05) is 32.1 Å². The number of carbonyl (C=O) groups excluding carboxylic acids is 2. The Morgan fingerprint density at radius 3 is 2.80 bits per heavy atom. The molecular weight excluding hydrogens is 316 g/mol. The van der Waals surface area contributed by atoms with Gasteiger partial charge in [0.25, 0.3) is 5.91 Å². The smallest absolute Gasteiger partial charge is 0.281 e. The van der Waals surface area contributed by atoms with Crippen LogP contribution in [-0.2, 0) is 4.79 Å². The van der Waals surface area contributed by atoms with Crippen LogP contribution >= 0.6 is 0 Å². The van der Waals surface area contributed by atoms with Crippen LogP contribution in [0.5, 0.6) is 5.75 Å². The highest BCUT2D eigenvalue weighted by atomic mass is 16.5. The lowest BCUT2D eigenvalue weighted by Gasteiger charge is -2.26. The minimum atomic E-state index is -0.368. The number of rotatable bonds is 4. The number of hydrogen-bond donors (Lipinski definition) is 1. The fraction of sp³-hybridized carbons (Fsp3) is 0.250. The van der Waals surface area contributed by atoms with Crippen LogP contribution < -0.4 is 10.1 Å². The SMILES string of the molecule is CCOc1ccccc1C(=O)N=C1C=CC2C(CC)=CC(=O)NC2=C1. The molecule has 0 saturated carbocycles. The molecule has 1 unspecified atom stereocenters. The van der Waals surface area contributed by atoms with Crippen LogP contribution in [0.15, 0.2) is 64.8 Å². The van der Waals surface area contributed by atoms with Crippen LogP contribution in [0.4, 0.5) is 0 Å². The van der Waals surface area contributed by atoms with E-state index in [4.69, 9.17) is 4.74 Å². The summed E-state index contributed by atoms with van der Waals surface area (Å²) >= 11 is 0. The summed E-state index contributed by atoms with van der Waals surface area (Å²) in [4.78, 5) is 28.5. The van der Waals surface area contributed by atoms with Crippen LogP contribution in [0.3, 0.4) is 0 Å². The predicted octanol–water partition coefficient (Wildman–Crippen LogP) is 3.20. The lowest BCUT2D eigenvalue weighted by Crippen LogP contribution is -2.33. The van der Waals surface area contributed by atoms with Crippen molar-refractivity contribution < 1.29 is 14.3 Å². The van der Waals surface area contributed by atoms with E-state index in [1.54, 1.807) is 30.4 Å². The molecule has 0 bridgehead atoms. The molecular formula is C20H20N2O3. The van der Waals surface area contributed by atoms with Gasteiger partial charge in [-0.3, -0.25) is 9.59 Å². The maximum Gasteiger partial charge on any atom is 0.281 e. The molecule has 5 nitrogen and oxygen atoms in total. The van der Waals surface area contributed by atoms with Gasteiger partial charge in [0.15, 0.2) is 0 Å². The average molecular weight is 336 g/mol. The van der Waals surface area contributed by atoms with Crippen molar-refractivity contribution in [2.45, 2.75) is 20.3 Å². The number of ether oxygens (including phenoxy) is 1. The number of nitrogens with zero attached hydrogens (tertiary/aromatic N) is 1. The molecule has 0 spiro atoms. The number of fused-ring (bicyclic) bond motifs is 1. The van der Waals surface area contributed by atoms with Gasteiger partial charge in [-0.05, 0) is 37.6 Å². The second kappa shape index (κ2) is 7.30. The Hall–Kier alpha value is -2.95. The largest absolute Gasteiger partial charge is 0.493 e. The normalized spacial score (nSPS) is 20.5. The van der Waals surface area contributed by atoms with Crippen molar-refractivity contribution in [3.05, 3.63) is 65.4 Å². The first-order valence-corrected chi connectivity index (χ1v) is 8.38. The van der Waals surface area contributed by atoms with E-state index in [-0.39, 0.29) is 17.7 Å². The monoisotopic (exact) mass is 336 g/mol. The summed E-state index contributed by atoms with van der Waals surface area (Å²) < 4.78 is 5.49. The number of aliphatic imine (C=N–C) groups is 1. The molecule has 1 aromatic carbocycles. The molecule has 1 aliphatic heterocycles. The summed E-state index contributed by atoms with van der Waals surface area (Å²) in [5.74, 6) is 0.0636. The van der Waals surface area contributed by atoms with E-state index in [9.17, 15) is 9.59 Å². The molecule has 2 amide bonds. The molecule has 0 aromatic heterocycles. The number of carbonyl (C=O) groups is 2. The summed E-state index contributed by atoms with van der Waals surface area (Å²) in [6.45, 7) is 4.37. The van der Waals surface area contributed by atoms with Gasteiger partial charge in [-0.2, -0.15) is 0 Å². The first-order chi connectivity index (χ1) is 12.1. The molecule has 1 aromatic rings. The number of benzene rings is 1. The van der Waals surface area contributed by atoms with E-state index in [0.717, 1.165) is 17.7 Å². The minimum absolute atomic E-state index is 0.0486. The Kier molecular flexibility index (Phi) is 4.93. The van der Waals surface area contributed by atoms with Gasteiger partial charge in [0, 0.05) is 17.7 Å². The molecule has 0 fully saturated rings. The number of para-hydroxylation sites is 1. The number of nitrogens with one attached hydrogen (secondary N) is 1. The molecule has 3 rings (SSSR count). The van der Waals surface area contributed by atoms with Crippen LogP contribution in [0.1, 0.15) is 30.6 Å². The lowest BCUT2D eigenvalue weighted by molar-refractivity contribution is -0.116. The zero-order chi connectivity index (χ0) is 17.8. The summed E-state index contributed by atoms with van der Waals surface area (Å²) in [6.07, 6.45) is 7.97. The van der Waals surface area contributed by atoms with Crippen LogP contribution in [-0.4, -0.2) is 24.1 Å². The van der Waals surface area contributed by atoms with Crippen LogP contribution in [0.25, 0.3) is 0 Å². The molecule has 128 valence electrons. The van der Waals surface area contributed by atoms with Gasteiger partial charge in [-0.15, -0.1) is 0 Å². The van der Waals surface area contributed by atoms with Gasteiger partial charge >= 0.3 is 0 Å². The minimum Gasteiger partial charge on any atom is -0.493 e. The molecule has 1 atom stereocenters. The highest BCUT2D eigenvalue weighted by molar-refractivity contribution is 6.14. The number of amides is 2. The first-order valence-electron chi connectivity index (χ1n) is 8.38. The molecule has 1 heterocycles. The molecule has 1 aliphatic carbocycles. The summed E-state index contributed by atoms with van der Waals surface area (Å²) in [5, 5.41) is 2.83. The van der Waals surface area contributed by atoms with Gasteiger partial charge in [-0.1, -0.05) is 30.7 Å². The van der Waals surface area contributed by atoms with Crippen molar-refractivity contribution in [1.29, 1.82) is 0 Å². The van der Waals surface area contributed by atoms with E-state index >= 15 is 0 Å². The summed E-state index contributed by atoms with van der Waals surface area (Å²) in [7, 11) is 0. The van der Waals surface area contributed by atoms with Crippen molar-refractivity contribution in [2.24, 2.45) is 10.9 Å². The van der Waals surface area contributed by atoms with Gasteiger partial charge in [0.2, 0.25) is 5.91 Å². The molecule has 0 radical (unpaired) electrons. The zero-order valence-corrected chi connectivity index (χ0v) is 14.3. The Bertz CT molecular complexity index is 831. The third-order valence-corrected chi connectivity index (χ3v) is 4.14. The third-order valence-electron chi connectivity index (χ3n) is 4.14. The molecule has 1 N–H and O–H groups in total. The Labute approximate surface area is 146 Å². The van der Waals surface area contributed by atoms with Crippen LogP contribution in [0, 0.1) is 5.92 Å². The van der Waals surface area contributed by atoms with Gasteiger partial charge in [0.05, 0.1) is 17.9 Å². The topological polar surface area (TPSA) is 67.8 Å². The number of allylic oxidation sites excluding steroid dienone is 3. The lowest BCUT2D eigenvalue weighted by atomic mass is 9.86. The maximum absolute atomic E-state index is 12.5. The molecule has 2 aliphatic rings. The second-order valence-corrected chi connectivity index (χ2v) is 5.77. The van der Waals surface area contributed by atoms with E-state index in [2.05, 4.69) is 10.3 Å². The quantitative estimate of drug-likeness (QED) is 0.918. The van der Waals surface area contributed by atoms with E-state index < -0.39 is 0 Å². The van der Waals surface area contributed by atoms with Crippen LogP contribution in [0.2, 0.25) is 0 Å². The van der Waals surface area contributed by atoms with Crippen molar-refractivity contribution in [1.82, 2.24) is 5.32 Å². The Morgan fingerprint density at radius 2 is 2.04 bits per heavy atom. The summed E-state index contributed by atoms with van der Waals surface area (Å²) in [5.41, 5.74) is 2.75. The Balaban J connectivity index is 1.88. The van der Waals surface area contributed by atoms with E-state index in [0.29, 0.717) is 23.6 Å². The average Bonchev–Trinajstić information content (AvgIpc) is 2.61. The number of hydrogen-bond acceptors (Lipinski definition) is 3. The standard InChI is InChI=1S/C20H20N2O3/c1-3-13-11-19(23)22-17-12-14(9-10-15(13)17)21-20(24)16-7-5-6-8-18(16)25-4-2/h5-12,15H,3-4H2,1-2H3,(H,22,23). The molecule has 0 saturated heterocycles. The first kappa shape index (κ1) is 16.9. The zero-order valence-electron chi connectivity index (χ0n) is 14.3. The highest BCUT2D eigenvalue weighted by Crippen LogP contribution is 2.29. The Morgan fingerprint density at radius 1 is 1.24 bits per heavy atom. The van der Waals surface area contributed by atoms with Gasteiger partial charge in [0.1, 0.15) is 5.75 Å². The third kappa shape index (κ3) is 3.60. The van der Waals surface area contributed by atoms with Gasteiger partial charge in [-0.25, -0.2) is 4.99 Å².